The molecule has 0 atom stereocenters. The van der Waals surface area contributed by atoms with Gasteiger partial charge in [-0.15, -0.1) is 0 Å². The van der Waals surface area contributed by atoms with Crippen molar-refractivity contribution < 1.29 is 4.74 Å². The SMILES string of the molecule is Cc1c(C)n(Cc2ccc(Cl)c(Cl)c2)c2c(OCCC(C)C)nccc12. The number of hydrogen-bond acceptors (Lipinski definition) is 2. The first-order valence-corrected chi connectivity index (χ1v) is 9.65. The molecule has 5 heteroatoms. The third-order valence-electron chi connectivity index (χ3n) is 4.77. The van der Waals surface area contributed by atoms with Gasteiger partial charge >= 0.3 is 0 Å². The molecule has 0 saturated heterocycles. The molecule has 0 spiro atoms. The highest BCUT2D eigenvalue weighted by atomic mass is 35.5. The van der Waals surface area contributed by atoms with Crippen molar-refractivity contribution in [3.63, 3.8) is 0 Å². The van der Waals surface area contributed by atoms with E-state index in [9.17, 15) is 0 Å². The predicted octanol–water partition coefficient (Wildman–Crippen LogP) is 6.43. The summed E-state index contributed by atoms with van der Waals surface area (Å²) in [7, 11) is 0. The van der Waals surface area contributed by atoms with Gasteiger partial charge in [0.25, 0.3) is 0 Å². The first kappa shape index (κ1) is 19.1. The molecule has 0 unspecified atom stereocenters. The van der Waals surface area contributed by atoms with Crippen LogP contribution in [0.2, 0.25) is 10.0 Å². The molecular formula is C21H24Cl2N2O. The van der Waals surface area contributed by atoms with Crippen LogP contribution in [0.4, 0.5) is 0 Å². The molecule has 3 rings (SSSR count). The number of benzene rings is 1. The Kier molecular flexibility index (Phi) is 5.79. The van der Waals surface area contributed by atoms with E-state index in [4.69, 9.17) is 27.9 Å². The van der Waals surface area contributed by atoms with E-state index in [0.29, 0.717) is 35.0 Å². The van der Waals surface area contributed by atoms with Gasteiger partial charge in [0.2, 0.25) is 5.88 Å². The fourth-order valence-electron chi connectivity index (χ4n) is 3.08. The first-order chi connectivity index (χ1) is 12.4. The number of ether oxygens (including phenoxy) is 1. The molecule has 0 amide bonds. The summed E-state index contributed by atoms with van der Waals surface area (Å²) in [6.45, 7) is 10.0. The van der Waals surface area contributed by atoms with Crippen molar-refractivity contribution in [2.45, 2.75) is 40.7 Å². The van der Waals surface area contributed by atoms with Gasteiger partial charge in [-0.1, -0.05) is 43.1 Å². The van der Waals surface area contributed by atoms with E-state index in [1.165, 1.54) is 16.6 Å². The van der Waals surface area contributed by atoms with E-state index >= 15 is 0 Å². The molecule has 138 valence electrons. The second kappa shape index (κ2) is 7.89. The van der Waals surface area contributed by atoms with Crippen LogP contribution in [-0.2, 0) is 6.54 Å². The van der Waals surface area contributed by atoms with Crippen LogP contribution in [0.3, 0.4) is 0 Å². The first-order valence-electron chi connectivity index (χ1n) is 8.89. The molecule has 2 heterocycles. The Bertz CT molecular complexity index is 931. The highest BCUT2D eigenvalue weighted by Crippen LogP contribution is 2.32. The molecule has 0 aliphatic rings. The second-order valence-electron chi connectivity index (χ2n) is 7.09. The molecule has 0 fully saturated rings. The number of fused-ring (bicyclic) bond motifs is 1. The summed E-state index contributed by atoms with van der Waals surface area (Å²) in [5.74, 6) is 1.29. The van der Waals surface area contributed by atoms with Crippen LogP contribution in [0.15, 0.2) is 30.5 Å². The molecule has 0 aliphatic carbocycles. The smallest absolute Gasteiger partial charge is 0.238 e. The maximum Gasteiger partial charge on any atom is 0.238 e. The third-order valence-corrected chi connectivity index (χ3v) is 5.51. The quantitative estimate of drug-likeness (QED) is 0.484. The maximum absolute atomic E-state index is 6.19. The normalized spacial score (nSPS) is 11.5. The van der Waals surface area contributed by atoms with Gasteiger partial charge in [-0.3, -0.25) is 0 Å². The van der Waals surface area contributed by atoms with Crippen molar-refractivity contribution in [1.29, 1.82) is 0 Å². The lowest BCUT2D eigenvalue weighted by molar-refractivity contribution is 0.281. The van der Waals surface area contributed by atoms with Crippen LogP contribution in [0.5, 0.6) is 5.88 Å². The zero-order chi connectivity index (χ0) is 18.8. The lowest BCUT2D eigenvalue weighted by atomic mass is 10.1. The summed E-state index contributed by atoms with van der Waals surface area (Å²) in [5.41, 5.74) is 4.58. The highest BCUT2D eigenvalue weighted by molar-refractivity contribution is 6.42. The van der Waals surface area contributed by atoms with Gasteiger partial charge in [-0.25, -0.2) is 4.98 Å². The average molecular weight is 391 g/mol. The molecule has 0 N–H and O–H groups in total. The number of hydrogen-bond donors (Lipinski definition) is 0. The zero-order valence-corrected chi connectivity index (χ0v) is 17.2. The standard InChI is InChI=1S/C21H24Cl2N2O/c1-13(2)8-10-26-21-20-17(7-9-24-21)14(3)15(4)25(20)12-16-5-6-18(22)19(23)11-16/h5-7,9,11,13H,8,10,12H2,1-4H3. The third kappa shape index (κ3) is 3.84. The Balaban J connectivity index is 2.02. The van der Waals surface area contributed by atoms with Gasteiger partial charge in [-0.05, 0) is 55.5 Å². The fourth-order valence-corrected chi connectivity index (χ4v) is 3.40. The fraction of sp³-hybridized carbons (Fsp3) is 0.381. The molecule has 1 aromatic carbocycles. The lowest BCUT2D eigenvalue weighted by Crippen LogP contribution is -2.07. The van der Waals surface area contributed by atoms with Gasteiger partial charge in [-0.2, -0.15) is 0 Å². The minimum atomic E-state index is 0.569. The maximum atomic E-state index is 6.19. The van der Waals surface area contributed by atoms with Crippen LogP contribution in [0.25, 0.3) is 10.9 Å². The van der Waals surface area contributed by atoms with Crippen molar-refractivity contribution in [1.82, 2.24) is 9.55 Å². The van der Waals surface area contributed by atoms with Crippen molar-refractivity contribution >= 4 is 34.1 Å². The minimum Gasteiger partial charge on any atom is -0.476 e. The molecular weight excluding hydrogens is 367 g/mol. The van der Waals surface area contributed by atoms with E-state index in [1.54, 1.807) is 0 Å². The van der Waals surface area contributed by atoms with Crippen LogP contribution in [-0.4, -0.2) is 16.2 Å². The van der Waals surface area contributed by atoms with E-state index in [-0.39, 0.29) is 0 Å². The molecule has 3 aromatic rings. The lowest BCUT2D eigenvalue weighted by Gasteiger charge is -2.13. The number of nitrogens with zero attached hydrogens (tertiary/aromatic N) is 2. The molecule has 0 radical (unpaired) electrons. The highest BCUT2D eigenvalue weighted by Gasteiger charge is 2.17. The van der Waals surface area contributed by atoms with E-state index < -0.39 is 0 Å². The largest absolute Gasteiger partial charge is 0.476 e. The number of rotatable bonds is 6. The van der Waals surface area contributed by atoms with Crippen LogP contribution < -0.4 is 4.74 Å². The molecule has 26 heavy (non-hydrogen) atoms. The number of halogens is 2. The van der Waals surface area contributed by atoms with Crippen molar-refractivity contribution in [3.05, 3.63) is 57.3 Å². The summed E-state index contributed by atoms with van der Waals surface area (Å²) in [5, 5.41) is 2.32. The number of aromatic nitrogens is 2. The Morgan fingerprint density at radius 1 is 1.12 bits per heavy atom. The van der Waals surface area contributed by atoms with Crippen molar-refractivity contribution in [3.8, 4) is 5.88 Å². The molecule has 3 nitrogen and oxygen atoms in total. The van der Waals surface area contributed by atoms with Crippen LogP contribution in [0.1, 0.15) is 37.1 Å². The van der Waals surface area contributed by atoms with E-state index in [0.717, 1.165) is 17.5 Å². The second-order valence-corrected chi connectivity index (χ2v) is 7.90. The summed E-state index contributed by atoms with van der Waals surface area (Å²) >= 11 is 12.2. The van der Waals surface area contributed by atoms with Crippen molar-refractivity contribution in [2.75, 3.05) is 6.61 Å². The molecule has 0 bridgehead atoms. The summed E-state index contributed by atoms with van der Waals surface area (Å²) < 4.78 is 8.29. The van der Waals surface area contributed by atoms with Crippen LogP contribution in [0, 0.1) is 19.8 Å². The van der Waals surface area contributed by atoms with Gasteiger partial charge in [0.1, 0.15) is 5.52 Å². The molecule has 2 aromatic heterocycles. The van der Waals surface area contributed by atoms with Gasteiger partial charge in [0.15, 0.2) is 0 Å². The topological polar surface area (TPSA) is 27.1 Å². The van der Waals surface area contributed by atoms with E-state index in [2.05, 4.69) is 43.3 Å². The van der Waals surface area contributed by atoms with Gasteiger partial charge in [0, 0.05) is 23.8 Å². The number of aryl methyl sites for hydroxylation is 1. The summed E-state index contributed by atoms with van der Waals surface area (Å²) in [6, 6.07) is 7.81. The zero-order valence-electron chi connectivity index (χ0n) is 15.6. The van der Waals surface area contributed by atoms with Gasteiger partial charge in [0.05, 0.1) is 16.7 Å². The Labute approximate surface area is 164 Å². The van der Waals surface area contributed by atoms with Crippen molar-refractivity contribution in [2.24, 2.45) is 5.92 Å². The minimum absolute atomic E-state index is 0.569. The summed E-state index contributed by atoms with van der Waals surface area (Å²) in [4.78, 5) is 4.50. The molecule has 0 aliphatic heterocycles. The van der Waals surface area contributed by atoms with E-state index in [1.807, 2.05) is 24.4 Å². The monoisotopic (exact) mass is 390 g/mol. The number of pyridine rings is 1. The molecule has 0 saturated carbocycles. The Morgan fingerprint density at radius 2 is 1.88 bits per heavy atom. The average Bonchev–Trinajstić information content (AvgIpc) is 2.84. The Hall–Kier alpha value is -1.71. The Morgan fingerprint density at radius 3 is 2.58 bits per heavy atom. The van der Waals surface area contributed by atoms with Crippen LogP contribution >= 0.6 is 23.2 Å². The predicted molar refractivity (Wildman–Crippen MR) is 110 cm³/mol. The van der Waals surface area contributed by atoms with Gasteiger partial charge < -0.3 is 9.30 Å². The summed E-state index contributed by atoms with van der Waals surface area (Å²) in [6.07, 6.45) is 2.83.